The molecule has 2 N–H and O–H groups in total. The van der Waals surface area contributed by atoms with Gasteiger partial charge >= 0.3 is 0 Å². The molecule has 0 spiro atoms. The Kier molecular flexibility index (Phi) is 3.67. The molecule has 2 aromatic carbocycles. The van der Waals surface area contributed by atoms with E-state index in [1.54, 1.807) is 12.1 Å². The van der Waals surface area contributed by atoms with Gasteiger partial charge in [-0.25, -0.2) is 4.39 Å². The third-order valence-electron chi connectivity index (χ3n) is 2.98. The molecule has 0 aliphatic carbocycles. The van der Waals surface area contributed by atoms with Crippen molar-refractivity contribution in [3.05, 3.63) is 77.6 Å². The first-order valence-corrected chi connectivity index (χ1v) is 7.13. The van der Waals surface area contributed by atoms with E-state index in [4.69, 9.17) is 5.73 Å². The van der Waals surface area contributed by atoms with Crippen molar-refractivity contribution in [2.75, 3.05) is 0 Å². The Morgan fingerprint density at radius 2 is 1.65 bits per heavy atom. The summed E-state index contributed by atoms with van der Waals surface area (Å²) in [5.74, 6) is -0.254. The van der Waals surface area contributed by atoms with Crippen LogP contribution in [0.4, 0.5) is 4.39 Å². The predicted octanol–water partition coefficient (Wildman–Crippen LogP) is 3.65. The minimum atomic E-state index is -0.338. The van der Waals surface area contributed by atoms with Crippen LogP contribution in [-0.2, 0) is 0 Å². The fraction of sp³-hybridized carbons (Fsp3) is 0.0625. The number of hydrogen-bond acceptors (Lipinski definition) is 3. The van der Waals surface area contributed by atoms with Crippen molar-refractivity contribution >= 4 is 22.4 Å². The van der Waals surface area contributed by atoms with Gasteiger partial charge in [0.15, 0.2) is 0 Å². The van der Waals surface area contributed by atoms with Crippen molar-refractivity contribution in [1.82, 2.24) is 0 Å². The molecule has 0 amide bonds. The zero-order chi connectivity index (χ0) is 13.9. The highest BCUT2D eigenvalue weighted by atomic mass is 32.2. The van der Waals surface area contributed by atoms with Crippen LogP contribution in [0.3, 0.4) is 0 Å². The normalized spacial score (nSPS) is 18.4. The fourth-order valence-electron chi connectivity index (χ4n) is 2.02. The molecule has 1 aliphatic rings. The lowest BCUT2D eigenvalue weighted by atomic mass is 10.1. The maximum atomic E-state index is 13.0. The Bertz CT molecular complexity index is 663. The molecule has 20 heavy (non-hydrogen) atoms. The van der Waals surface area contributed by atoms with Crippen LogP contribution in [0.1, 0.15) is 11.1 Å². The summed E-state index contributed by atoms with van der Waals surface area (Å²) in [6.07, 6.45) is 2.00. The molecular weight excluding hydrogens is 271 g/mol. The number of aliphatic imine (C=N–C) groups is 1. The second-order valence-electron chi connectivity index (χ2n) is 4.40. The standard InChI is InChI=1S/C16H13FN2S/c17-13-8-6-11(7-9-13)14-10-15(20-16(18)19-14)12-4-2-1-3-5-12/h1-10,16H,18H2. The van der Waals surface area contributed by atoms with E-state index in [1.807, 2.05) is 36.4 Å². The second kappa shape index (κ2) is 5.61. The molecule has 2 nitrogen and oxygen atoms in total. The SMILES string of the molecule is NC1N=C(c2ccc(F)cc2)C=C(c2ccccc2)S1. The van der Waals surface area contributed by atoms with Gasteiger partial charge in [-0.05, 0) is 35.9 Å². The summed E-state index contributed by atoms with van der Waals surface area (Å²) in [4.78, 5) is 5.49. The number of halogens is 1. The zero-order valence-corrected chi connectivity index (χ0v) is 11.5. The van der Waals surface area contributed by atoms with Crippen molar-refractivity contribution in [3.8, 4) is 0 Å². The van der Waals surface area contributed by atoms with Crippen molar-refractivity contribution in [2.45, 2.75) is 5.50 Å². The summed E-state index contributed by atoms with van der Waals surface area (Å²) < 4.78 is 13.0. The number of benzene rings is 2. The van der Waals surface area contributed by atoms with Crippen LogP contribution >= 0.6 is 11.8 Å². The van der Waals surface area contributed by atoms with Gasteiger partial charge in [-0.15, -0.1) is 0 Å². The Morgan fingerprint density at radius 3 is 2.35 bits per heavy atom. The van der Waals surface area contributed by atoms with Crippen LogP contribution in [0.25, 0.3) is 4.91 Å². The molecule has 0 fully saturated rings. The molecule has 1 heterocycles. The first-order chi connectivity index (χ1) is 9.72. The van der Waals surface area contributed by atoms with E-state index in [1.165, 1.54) is 23.9 Å². The lowest BCUT2D eigenvalue weighted by molar-refractivity contribution is 0.628. The Hall–Kier alpha value is -1.91. The minimum Gasteiger partial charge on any atom is -0.301 e. The van der Waals surface area contributed by atoms with E-state index >= 15 is 0 Å². The van der Waals surface area contributed by atoms with Gasteiger partial charge in [-0.2, -0.15) is 0 Å². The quantitative estimate of drug-likeness (QED) is 0.914. The lowest BCUT2D eigenvalue weighted by Gasteiger charge is -2.18. The van der Waals surface area contributed by atoms with Crippen molar-refractivity contribution in [1.29, 1.82) is 0 Å². The number of thioether (sulfide) groups is 1. The average Bonchev–Trinajstić information content (AvgIpc) is 2.48. The predicted molar refractivity (Wildman–Crippen MR) is 82.9 cm³/mol. The highest BCUT2D eigenvalue weighted by Gasteiger charge is 2.16. The summed E-state index contributed by atoms with van der Waals surface area (Å²) in [7, 11) is 0. The van der Waals surface area contributed by atoms with E-state index in [0.717, 1.165) is 21.7 Å². The molecule has 0 saturated heterocycles. The highest BCUT2D eigenvalue weighted by Crippen LogP contribution is 2.33. The van der Waals surface area contributed by atoms with Gasteiger partial charge in [0.2, 0.25) is 0 Å². The first-order valence-electron chi connectivity index (χ1n) is 6.25. The highest BCUT2D eigenvalue weighted by molar-refractivity contribution is 8.08. The average molecular weight is 284 g/mol. The van der Waals surface area contributed by atoms with E-state index in [-0.39, 0.29) is 11.3 Å². The molecule has 2 aromatic rings. The Balaban J connectivity index is 1.99. The van der Waals surface area contributed by atoms with Gasteiger partial charge in [0, 0.05) is 10.5 Å². The molecule has 0 aromatic heterocycles. The number of allylic oxidation sites excluding steroid dienone is 1. The molecule has 1 unspecified atom stereocenters. The molecule has 100 valence electrons. The van der Waals surface area contributed by atoms with E-state index < -0.39 is 0 Å². The molecule has 0 bridgehead atoms. The van der Waals surface area contributed by atoms with Crippen molar-refractivity contribution in [2.24, 2.45) is 10.7 Å². The first kappa shape index (κ1) is 13.1. The van der Waals surface area contributed by atoms with Gasteiger partial charge in [0.25, 0.3) is 0 Å². The van der Waals surface area contributed by atoms with Gasteiger partial charge in [-0.3, -0.25) is 4.99 Å². The summed E-state index contributed by atoms with van der Waals surface area (Å²) in [6.45, 7) is 0. The molecule has 1 atom stereocenters. The van der Waals surface area contributed by atoms with E-state index in [2.05, 4.69) is 4.99 Å². The number of hydrogen-bond donors (Lipinski definition) is 1. The van der Waals surface area contributed by atoms with Crippen LogP contribution in [0.2, 0.25) is 0 Å². The van der Waals surface area contributed by atoms with Gasteiger partial charge in [0.1, 0.15) is 11.3 Å². The van der Waals surface area contributed by atoms with Crippen LogP contribution < -0.4 is 5.73 Å². The van der Waals surface area contributed by atoms with Gasteiger partial charge < -0.3 is 5.73 Å². The number of nitrogens with zero attached hydrogens (tertiary/aromatic N) is 1. The maximum Gasteiger partial charge on any atom is 0.149 e. The molecule has 0 radical (unpaired) electrons. The van der Waals surface area contributed by atoms with Crippen LogP contribution in [-0.4, -0.2) is 11.2 Å². The largest absolute Gasteiger partial charge is 0.301 e. The zero-order valence-electron chi connectivity index (χ0n) is 10.7. The molecule has 3 rings (SSSR count). The van der Waals surface area contributed by atoms with Crippen LogP contribution in [0, 0.1) is 5.82 Å². The van der Waals surface area contributed by atoms with E-state index in [9.17, 15) is 4.39 Å². The third-order valence-corrected chi connectivity index (χ3v) is 3.93. The summed E-state index contributed by atoms with van der Waals surface area (Å²) in [5.41, 5.74) is 8.41. The smallest absolute Gasteiger partial charge is 0.149 e. The number of nitrogens with two attached hydrogens (primary N) is 1. The maximum absolute atomic E-state index is 13.0. The van der Waals surface area contributed by atoms with E-state index in [0.29, 0.717) is 0 Å². The lowest BCUT2D eigenvalue weighted by Crippen LogP contribution is -2.18. The summed E-state index contributed by atoms with van der Waals surface area (Å²) in [6, 6.07) is 16.3. The summed E-state index contributed by atoms with van der Waals surface area (Å²) in [5, 5.41) is 0. The monoisotopic (exact) mass is 284 g/mol. The Morgan fingerprint density at radius 1 is 0.950 bits per heavy atom. The van der Waals surface area contributed by atoms with Crippen LogP contribution in [0.5, 0.6) is 0 Å². The number of rotatable bonds is 2. The fourth-order valence-corrected chi connectivity index (χ4v) is 2.90. The molecule has 1 aliphatic heterocycles. The topological polar surface area (TPSA) is 38.4 Å². The van der Waals surface area contributed by atoms with Crippen molar-refractivity contribution < 1.29 is 4.39 Å². The second-order valence-corrected chi connectivity index (χ2v) is 5.56. The van der Waals surface area contributed by atoms with Crippen molar-refractivity contribution in [3.63, 3.8) is 0 Å². The van der Waals surface area contributed by atoms with Gasteiger partial charge in [-0.1, -0.05) is 42.1 Å². The summed E-state index contributed by atoms with van der Waals surface area (Å²) >= 11 is 1.52. The van der Waals surface area contributed by atoms with Gasteiger partial charge in [0.05, 0.1) is 5.71 Å². The van der Waals surface area contributed by atoms with Crippen LogP contribution in [0.15, 0.2) is 65.7 Å². The molecule has 0 saturated carbocycles. The minimum absolute atomic E-state index is 0.254. The molecular formula is C16H13FN2S. The third kappa shape index (κ3) is 2.81. The molecule has 4 heteroatoms. The Labute approximate surface area is 121 Å².